The molecule has 0 aromatic heterocycles. The van der Waals surface area contributed by atoms with E-state index >= 15 is 0 Å². The number of halogens is 1. The summed E-state index contributed by atoms with van der Waals surface area (Å²) in [7, 11) is 1.70. The summed E-state index contributed by atoms with van der Waals surface area (Å²) in [5.74, 6) is -0.408. The number of hydrogen-bond acceptors (Lipinski definition) is 2. The topological polar surface area (TPSA) is 46.3 Å². The number of carbonyl (C=O) groups excluding carboxylic acids is 1. The van der Waals surface area contributed by atoms with Crippen molar-refractivity contribution < 1.29 is 9.18 Å². The van der Waals surface area contributed by atoms with Crippen LogP contribution in [0.25, 0.3) is 0 Å². The zero-order valence-corrected chi connectivity index (χ0v) is 12.4. The van der Waals surface area contributed by atoms with E-state index in [0.717, 1.165) is 11.1 Å². The third kappa shape index (κ3) is 3.86. The van der Waals surface area contributed by atoms with Crippen LogP contribution in [-0.2, 0) is 6.54 Å². The second kappa shape index (κ2) is 6.45. The number of amides is 1. The summed E-state index contributed by atoms with van der Waals surface area (Å²) in [6.07, 6.45) is 0. The van der Waals surface area contributed by atoms with Crippen LogP contribution < -0.4 is 5.73 Å². The molecular weight excluding hydrogens is 287 g/mol. The molecule has 2 aromatic rings. The van der Waals surface area contributed by atoms with E-state index in [1.165, 1.54) is 12.1 Å². The van der Waals surface area contributed by atoms with Crippen LogP contribution in [0.5, 0.6) is 0 Å². The molecule has 0 atom stereocenters. The summed E-state index contributed by atoms with van der Waals surface area (Å²) >= 11 is 4.87. The van der Waals surface area contributed by atoms with E-state index in [-0.39, 0.29) is 11.7 Å². The highest BCUT2D eigenvalue weighted by atomic mass is 32.1. The van der Waals surface area contributed by atoms with Gasteiger partial charge in [0, 0.05) is 24.7 Å². The molecule has 0 radical (unpaired) electrons. The first-order chi connectivity index (χ1) is 9.97. The quantitative estimate of drug-likeness (QED) is 0.883. The minimum absolute atomic E-state index is 0.117. The molecule has 0 aliphatic carbocycles. The zero-order valence-electron chi connectivity index (χ0n) is 11.5. The fourth-order valence-electron chi connectivity index (χ4n) is 1.93. The summed E-state index contributed by atoms with van der Waals surface area (Å²) in [6.45, 7) is 0.413. The highest BCUT2D eigenvalue weighted by Gasteiger charge is 2.12. The molecule has 2 aromatic carbocycles. The summed E-state index contributed by atoms with van der Waals surface area (Å²) in [5, 5.41) is 0. The van der Waals surface area contributed by atoms with Gasteiger partial charge in [-0.15, -0.1) is 0 Å². The van der Waals surface area contributed by atoms with Crippen molar-refractivity contribution in [1.29, 1.82) is 0 Å². The standard InChI is InChI=1S/C16H15FN2OS/c1-19(10-11-2-8-14(17)9-3-11)16(20)13-6-4-12(5-7-13)15(18)21/h2-9H,10H2,1H3,(H2,18,21). The van der Waals surface area contributed by atoms with E-state index in [1.807, 2.05) is 0 Å². The maximum Gasteiger partial charge on any atom is 0.253 e. The number of rotatable bonds is 4. The Morgan fingerprint density at radius 2 is 1.62 bits per heavy atom. The number of thiocarbonyl (C=S) groups is 1. The van der Waals surface area contributed by atoms with Gasteiger partial charge in [0.25, 0.3) is 5.91 Å². The second-order valence-electron chi connectivity index (χ2n) is 4.73. The van der Waals surface area contributed by atoms with E-state index in [2.05, 4.69) is 0 Å². The van der Waals surface area contributed by atoms with Crippen molar-refractivity contribution in [2.75, 3.05) is 7.05 Å². The van der Waals surface area contributed by atoms with Gasteiger partial charge in [-0.25, -0.2) is 4.39 Å². The van der Waals surface area contributed by atoms with Crippen molar-refractivity contribution in [3.63, 3.8) is 0 Å². The molecule has 0 fully saturated rings. The number of nitrogens with two attached hydrogens (primary N) is 1. The summed E-state index contributed by atoms with van der Waals surface area (Å²) in [5.41, 5.74) is 7.67. The number of benzene rings is 2. The molecule has 2 N–H and O–H groups in total. The third-order valence-corrected chi connectivity index (χ3v) is 3.33. The largest absolute Gasteiger partial charge is 0.389 e. The van der Waals surface area contributed by atoms with Gasteiger partial charge in [0.05, 0.1) is 0 Å². The monoisotopic (exact) mass is 302 g/mol. The van der Waals surface area contributed by atoms with Gasteiger partial charge >= 0.3 is 0 Å². The van der Waals surface area contributed by atoms with Gasteiger partial charge in [-0.05, 0) is 29.8 Å². The van der Waals surface area contributed by atoms with Gasteiger partial charge in [-0.1, -0.05) is 36.5 Å². The van der Waals surface area contributed by atoms with Crippen molar-refractivity contribution >= 4 is 23.1 Å². The molecule has 0 spiro atoms. The molecule has 1 amide bonds. The molecule has 0 saturated heterocycles. The number of carbonyl (C=O) groups is 1. The second-order valence-corrected chi connectivity index (χ2v) is 5.17. The molecule has 0 heterocycles. The normalized spacial score (nSPS) is 10.2. The molecule has 21 heavy (non-hydrogen) atoms. The van der Waals surface area contributed by atoms with E-state index in [0.29, 0.717) is 17.1 Å². The Balaban J connectivity index is 2.08. The maximum atomic E-state index is 12.8. The van der Waals surface area contributed by atoms with Crippen molar-refractivity contribution in [1.82, 2.24) is 4.90 Å². The van der Waals surface area contributed by atoms with E-state index in [1.54, 1.807) is 48.3 Å². The van der Waals surface area contributed by atoms with Crippen LogP contribution in [0.2, 0.25) is 0 Å². The Labute approximate surface area is 128 Å². The average molecular weight is 302 g/mol. The van der Waals surface area contributed by atoms with Gasteiger partial charge in [0.15, 0.2) is 0 Å². The molecule has 0 aliphatic heterocycles. The molecular formula is C16H15FN2OS. The smallest absolute Gasteiger partial charge is 0.253 e. The Kier molecular flexibility index (Phi) is 4.65. The number of nitrogens with zero attached hydrogens (tertiary/aromatic N) is 1. The maximum absolute atomic E-state index is 12.8. The van der Waals surface area contributed by atoms with Gasteiger partial charge in [-0.2, -0.15) is 0 Å². The fourth-order valence-corrected chi connectivity index (χ4v) is 2.07. The Bertz CT molecular complexity index is 653. The van der Waals surface area contributed by atoms with Crippen LogP contribution in [0.15, 0.2) is 48.5 Å². The molecule has 0 saturated carbocycles. The van der Waals surface area contributed by atoms with E-state index < -0.39 is 0 Å². The molecule has 2 rings (SSSR count). The van der Waals surface area contributed by atoms with Crippen LogP contribution in [0.1, 0.15) is 21.5 Å². The molecule has 3 nitrogen and oxygen atoms in total. The molecule has 108 valence electrons. The molecule has 0 aliphatic rings. The van der Waals surface area contributed by atoms with Crippen LogP contribution >= 0.6 is 12.2 Å². The van der Waals surface area contributed by atoms with Crippen LogP contribution in [0.3, 0.4) is 0 Å². The van der Waals surface area contributed by atoms with Crippen LogP contribution in [-0.4, -0.2) is 22.8 Å². The van der Waals surface area contributed by atoms with Gasteiger partial charge < -0.3 is 10.6 Å². The Hall–Kier alpha value is -2.27. The highest BCUT2D eigenvalue weighted by molar-refractivity contribution is 7.80. The lowest BCUT2D eigenvalue weighted by atomic mass is 10.1. The predicted molar refractivity (Wildman–Crippen MR) is 84.5 cm³/mol. The zero-order chi connectivity index (χ0) is 15.4. The highest BCUT2D eigenvalue weighted by Crippen LogP contribution is 2.11. The SMILES string of the molecule is CN(Cc1ccc(F)cc1)C(=O)c1ccc(C(N)=S)cc1. The van der Waals surface area contributed by atoms with Crippen molar-refractivity contribution in [2.45, 2.75) is 6.54 Å². The van der Waals surface area contributed by atoms with Gasteiger partial charge in [0.1, 0.15) is 10.8 Å². The first-order valence-corrected chi connectivity index (χ1v) is 6.78. The third-order valence-electron chi connectivity index (χ3n) is 3.10. The van der Waals surface area contributed by atoms with E-state index in [4.69, 9.17) is 18.0 Å². The molecule has 5 heteroatoms. The Morgan fingerprint density at radius 3 is 2.14 bits per heavy atom. The lowest BCUT2D eigenvalue weighted by Crippen LogP contribution is -2.26. The first kappa shape index (κ1) is 15.1. The lowest BCUT2D eigenvalue weighted by molar-refractivity contribution is 0.0785. The molecule has 0 unspecified atom stereocenters. The minimum Gasteiger partial charge on any atom is -0.389 e. The fraction of sp³-hybridized carbons (Fsp3) is 0.125. The van der Waals surface area contributed by atoms with Crippen molar-refractivity contribution in [2.24, 2.45) is 5.73 Å². The summed E-state index contributed by atoms with van der Waals surface area (Å²) in [6, 6.07) is 12.9. The number of hydrogen-bond donors (Lipinski definition) is 1. The van der Waals surface area contributed by atoms with Gasteiger partial charge in [-0.3, -0.25) is 4.79 Å². The van der Waals surface area contributed by atoms with Gasteiger partial charge in [0.2, 0.25) is 0 Å². The van der Waals surface area contributed by atoms with Crippen molar-refractivity contribution in [3.8, 4) is 0 Å². The first-order valence-electron chi connectivity index (χ1n) is 6.37. The van der Waals surface area contributed by atoms with E-state index in [9.17, 15) is 9.18 Å². The van der Waals surface area contributed by atoms with Crippen molar-refractivity contribution in [3.05, 3.63) is 71.0 Å². The Morgan fingerprint density at radius 1 is 1.10 bits per heavy atom. The van der Waals surface area contributed by atoms with Crippen LogP contribution in [0.4, 0.5) is 4.39 Å². The summed E-state index contributed by atoms with van der Waals surface area (Å²) in [4.78, 5) is 14.2. The minimum atomic E-state index is -0.291. The lowest BCUT2D eigenvalue weighted by Gasteiger charge is -2.17. The predicted octanol–water partition coefficient (Wildman–Crippen LogP) is 2.73. The van der Waals surface area contributed by atoms with Crippen LogP contribution in [0, 0.1) is 5.82 Å². The summed E-state index contributed by atoms with van der Waals surface area (Å²) < 4.78 is 12.8. The average Bonchev–Trinajstić information content (AvgIpc) is 2.49. The molecule has 0 bridgehead atoms.